The number of tetrazole rings is 1. The molecule has 3 heterocycles. The molecule has 3 aromatic rings. The highest BCUT2D eigenvalue weighted by Crippen LogP contribution is 2.40. The maximum absolute atomic E-state index is 13.6. The lowest BCUT2D eigenvalue weighted by Crippen LogP contribution is -2.38. The molecule has 0 aliphatic carbocycles. The molecule has 1 aromatic heterocycles. The first-order valence-corrected chi connectivity index (χ1v) is 15.5. The van der Waals surface area contributed by atoms with Gasteiger partial charge in [-0.25, -0.2) is 0 Å². The lowest BCUT2D eigenvalue weighted by atomic mass is 9.97. The van der Waals surface area contributed by atoms with Gasteiger partial charge in [-0.2, -0.15) is 31.6 Å². The average molecular weight is 685 g/mol. The van der Waals surface area contributed by atoms with Gasteiger partial charge < -0.3 is 9.47 Å². The average Bonchev–Trinajstić information content (AvgIpc) is 3.64. The number of H-pyrrole nitrogens is 1. The van der Waals surface area contributed by atoms with E-state index in [1.807, 2.05) is 0 Å². The number of hydrogen-bond donors (Lipinski definition) is 1. The summed E-state index contributed by atoms with van der Waals surface area (Å²) >= 11 is 0.698. The van der Waals surface area contributed by atoms with Crippen LogP contribution >= 0.6 is 11.8 Å². The molecule has 47 heavy (non-hydrogen) atoms. The zero-order chi connectivity index (χ0) is 33.6. The smallest absolute Gasteiger partial charge is 0.416 e. The van der Waals surface area contributed by atoms with Crippen LogP contribution in [0.3, 0.4) is 0 Å². The summed E-state index contributed by atoms with van der Waals surface area (Å²) < 4.78 is 92.8. The van der Waals surface area contributed by atoms with Gasteiger partial charge in [0.05, 0.1) is 29.2 Å². The Labute approximate surface area is 269 Å². The molecule has 2 aliphatic heterocycles. The van der Waals surface area contributed by atoms with E-state index < -0.39 is 34.6 Å². The van der Waals surface area contributed by atoms with Gasteiger partial charge in [-0.05, 0) is 72.1 Å². The van der Waals surface area contributed by atoms with Crippen LogP contribution in [-0.2, 0) is 28.3 Å². The van der Waals surface area contributed by atoms with Crippen LogP contribution in [0.25, 0.3) is 17.2 Å². The van der Waals surface area contributed by atoms with Crippen LogP contribution in [0.1, 0.15) is 41.8 Å². The number of ether oxygens (including phenoxy) is 2. The summed E-state index contributed by atoms with van der Waals surface area (Å²) in [6.45, 7) is 3.48. The molecule has 0 bridgehead atoms. The molecule has 0 atom stereocenters. The van der Waals surface area contributed by atoms with Crippen molar-refractivity contribution in [2.45, 2.75) is 38.0 Å². The number of benzene rings is 2. The van der Waals surface area contributed by atoms with Crippen molar-refractivity contribution in [1.82, 2.24) is 30.4 Å². The summed E-state index contributed by atoms with van der Waals surface area (Å²) in [7, 11) is 0. The van der Waals surface area contributed by atoms with Crippen molar-refractivity contribution in [3.05, 3.63) is 63.8 Å². The number of halogens is 6. The number of nitrogens with zero attached hydrogens (tertiary/aromatic N) is 5. The number of amides is 2. The van der Waals surface area contributed by atoms with E-state index in [9.17, 15) is 35.9 Å². The highest BCUT2D eigenvalue weighted by atomic mass is 32.2. The summed E-state index contributed by atoms with van der Waals surface area (Å²) in [5, 5.41) is 13.1. The first kappa shape index (κ1) is 34.4. The summed E-state index contributed by atoms with van der Waals surface area (Å²) in [5.41, 5.74) is -2.97. The fraction of sp³-hybridized carbons (Fsp3) is 0.433. The van der Waals surface area contributed by atoms with Crippen molar-refractivity contribution in [2.24, 2.45) is 0 Å². The molecule has 2 aliphatic rings. The van der Waals surface area contributed by atoms with E-state index >= 15 is 0 Å². The quantitative estimate of drug-likeness (QED) is 0.138. The summed E-state index contributed by atoms with van der Waals surface area (Å²) in [6.07, 6.45) is -6.14. The fourth-order valence-electron chi connectivity index (χ4n) is 5.06. The minimum Gasteiger partial charge on any atom is -0.492 e. The molecule has 252 valence electrons. The first-order valence-electron chi connectivity index (χ1n) is 14.7. The van der Waals surface area contributed by atoms with E-state index in [0.29, 0.717) is 81.8 Å². The molecule has 0 saturated carbocycles. The number of imide groups is 1. The topological polar surface area (TPSA) is 114 Å². The number of unbranched alkanes of at least 4 members (excludes halogenated alkanes) is 2. The van der Waals surface area contributed by atoms with Gasteiger partial charge in [0, 0.05) is 38.2 Å². The first-order chi connectivity index (χ1) is 22.4. The Bertz CT molecular complexity index is 1560. The van der Waals surface area contributed by atoms with Crippen molar-refractivity contribution in [3.8, 4) is 16.9 Å². The molecule has 10 nitrogen and oxygen atoms in total. The third-order valence-corrected chi connectivity index (χ3v) is 8.44. The zero-order valence-corrected chi connectivity index (χ0v) is 25.7. The van der Waals surface area contributed by atoms with Gasteiger partial charge in [0.2, 0.25) is 0 Å². The van der Waals surface area contributed by atoms with E-state index in [-0.39, 0.29) is 46.6 Å². The number of thioether (sulfide) groups is 1. The van der Waals surface area contributed by atoms with Crippen molar-refractivity contribution in [2.75, 3.05) is 46.0 Å². The number of nitrogens with one attached hydrogen (secondary N) is 1. The molecule has 2 saturated heterocycles. The van der Waals surface area contributed by atoms with Crippen LogP contribution in [0.2, 0.25) is 0 Å². The van der Waals surface area contributed by atoms with E-state index in [2.05, 4.69) is 25.5 Å². The van der Waals surface area contributed by atoms with E-state index in [0.717, 1.165) is 11.3 Å². The SMILES string of the molecule is O=C1SC(=Cc2cc(-c3cc(C(F)(F)F)cc(C(F)(F)F)c3)ccc2OCCN2CCOCC2)C(=O)N1CCCCCc1nn[nH]n1. The Kier molecular flexibility index (Phi) is 10.9. The van der Waals surface area contributed by atoms with Crippen LogP contribution in [-0.4, -0.2) is 87.6 Å². The summed E-state index contributed by atoms with van der Waals surface area (Å²) in [6, 6.07) is 5.49. The highest BCUT2D eigenvalue weighted by molar-refractivity contribution is 8.18. The predicted octanol–water partition coefficient (Wildman–Crippen LogP) is 6.06. The van der Waals surface area contributed by atoms with Crippen LogP contribution < -0.4 is 4.74 Å². The van der Waals surface area contributed by atoms with Crippen LogP contribution in [0.5, 0.6) is 5.75 Å². The molecule has 0 spiro atoms. The summed E-state index contributed by atoms with van der Waals surface area (Å²) in [5.74, 6) is 0.253. The summed E-state index contributed by atoms with van der Waals surface area (Å²) in [4.78, 5) is 29.3. The number of carbonyl (C=O) groups excluding carboxylic acids is 2. The van der Waals surface area contributed by atoms with Crippen molar-refractivity contribution in [1.29, 1.82) is 0 Å². The molecular weight excluding hydrogens is 654 g/mol. The Morgan fingerprint density at radius 1 is 0.915 bits per heavy atom. The van der Waals surface area contributed by atoms with Crippen molar-refractivity contribution >= 4 is 29.0 Å². The van der Waals surface area contributed by atoms with E-state index in [1.54, 1.807) is 0 Å². The maximum atomic E-state index is 13.6. The molecule has 2 amide bonds. The van der Waals surface area contributed by atoms with Crippen molar-refractivity contribution in [3.63, 3.8) is 0 Å². The monoisotopic (exact) mass is 684 g/mol. The highest BCUT2D eigenvalue weighted by Gasteiger charge is 2.37. The Hall–Kier alpha value is -3.96. The predicted molar refractivity (Wildman–Crippen MR) is 159 cm³/mol. The number of aryl methyl sites for hydroxylation is 1. The molecule has 0 unspecified atom stereocenters. The lowest BCUT2D eigenvalue weighted by molar-refractivity contribution is -0.143. The number of morpholine rings is 1. The van der Waals surface area contributed by atoms with Gasteiger partial charge in [0.15, 0.2) is 5.82 Å². The normalized spacial score (nSPS) is 17.2. The standard InChI is InChI=1S/C30H30F6N6O4S/c31-29(32,33)22-15-20(16-23(18-22)30(34,35)36)19-5-6-24(46-13-10-41-8-11-45-12-9-41)21(14-19)17-25-27(43)42(28(44)47-25)7-3-1-2-4-26-37-39-40-38-26/h5-6,14-18H,1-4,7-13H2,(H,37,38,39,40). The number of carbonyl (C=O) groups is 2. The molecule has 5 rings (SSSR count). The lowest BCUT2D eigenvalue weighted by Gasteiger charge is -2.26. The van der Waals surface area contributed by atoms with Crippen LogP contribution in [0, 0.1) is 0 Å². The second-order valence-electron chi connectivity index (χ2n) is 10.8. The molecule has 1 N–H and O–H groups in total. The van der Waals surface area contributed by atoms with Gasteiger partial charge in [0.1, 0.15) is 12.4 Å². The Morgan fingerprint density at radius 3 is 2.30 bits per heavy atom. The number of aromatic amines is 1. The van der Waals surface area contributed by atoms with Crippen LogP contribution in [0.15, 0.2) is 41.3 Å². The number of alkyl halides is 6. The third-order valence-electron chi connectivity index (χ3n) is 7.53. The largest absolute Gasteiger partial charge is 0.492 e. The number of aromatic nitrogens is 4. The van der Waals surface area contributed by atoms with Gasteiger partial charge in [-0.1, -0.05) is 17.7 Å². The van der Waals surface area contributed by atoms with Crippen molar-refractivity contribution < 1.29 is 45.4 Å². The van der Waals surface area contributed by atoms with Crippen LogP contribution in [0.4, 0.5) is 31.1 Å². The third kappa shape index (κ3) is 9.10. The number of hydrogen-bond acceptors (Lipinski definition) is 9. The molecule has 0 radical (unpaired) electrons. The second kappa shape index (κ2) is 14.9. The van der Waals surface area contributed by atoms with Gasteiger partial charge in [0.25, 0.3) is 11.1 Å². The van der Waals surface area contributed by atoms with Gasteiger partial charge >= 0.3 is 12.4 Å². The molecule has 2 fully saturated rings. The molecular formula is C30H30F6N6O4S. The Morgan fingerprint density at radius 2 is 1.64 bits per heavy atom. The molecule has 17 heteroatoms. The minimum absolute atomic E-state index is 0.0363. The zero-order valence-electron chi connectivity index (χ0n) is 24.9. The molecule has 2 aromatic carbocycles. The fourth-order valence-corrected chi connectivity index (χ4v) is 5.91. The number of rotatable bonds is 12. The van der Waals surface area contributed by atoms with E-state index in [1.165, 1.54) is 24.3 Å². The van der Waals surface area contributed by atoms with E-state index in [4.69, 9.17) is 9.47 Å². The minimum atomic E-state index is -5.02. The maximum Gasteiger partial charge on any atom is 0.416 e. The van der Waals surface area contributed by atoms with Gasteiger partial charge in [-0.15, -0.1) is 10.2 Å². The second-order valence-corrected chi connectivity index (χ2v) is 11.8. The van der Waals surface area contributed by atoms with Gasteiger partial charge in [-0.3, -0.25) is 19.4 Å². The Balaban J connectivity index is 1.39.